The quantitative estimate of drug-likeness (QED) is 0.182. The number of amides is 1. The van der Waals surface area contributed by atoms with Crippen molar-refractivity contribution in [1.82, 2.24) is 15.5 Å². The third kappa shape index (κ3) is 10.1. The van der Waals surface area contributed by atoms with Gasteiger partial charge in [-0.1, -0.05) is 26.0 Å². The summed E-state index contributed by atoms with van der Waals surface area (Å²) in [6.07, 6.45) is 2.95. The Morgan fingerprint density at radius 2 is 2.00 bits per heavy atom. The van der Waals surface area contributed by atoms with E-state index in [1.807, 2.05) is 12.1 Å². The molecule has 4 N–H and O–H groups in total. The average molecular weight is 546 g/mol. The molecule has 0 saturated carbocycles. The highest BCUT2D eigenvalue weighted by molar-refractivity contribution is 14.0. The fourth-order valence-electron chi connectivity index (χ4n) is 3.60. The first kappa shape index (κ1) is 27.5. The Bertz CT molecular complexity index is 681. The van der Waals surface area contributed by atoms with Crippen LogP contribution in [-0.4, -0.2) is 56.6 Å². The maximum Gasteiger partial charge on any atom is 0.221 e. The van der Waals surface area contributed by atoms with Crippen molar-refractivity contribution in [2.45, 2.75) is 46.1 Å². The predicted octanol–water partition coefficient (Wildman–Crippen LogP) is 3.15. The summed E-state index contributed by atoms with van der Waals surface area (Å²) in [5.41, 5.74) is 6.64. The molecule has 0 aliphatic carbocycles. The van der Waals surface area contributed by atoms with E-state index in [9.17, 15) is 4.79 Å². The number of nitrogens with two attached hydrogens (primary N) is 1. The molecule has 1 aromatic rings. The van der Waals surface area contributed by atoms with Crippen LogP contribution in [0.1, 0.15) is 51.6 Å². The first-order chi connectivity index (χ1) is 14.4. The smallest absolute Gasteiger partial charge is 0.221 e. The third-order valence-electron chi connectivity index (χ3n) is 5.39. The van der Waals surface area contributed by atoms with Crippen molar-refractivity contribution in [2.75, 3.05) is 39.8 Å². The minimum Gasteiger partial charge on any atom is -0.493 e. The zero-order valence-electron chi connectivity index (χ0n) is 19.4. The predicted molar refractivity (Wildman–Crippen MR) is 138 cm³/mol. The van der Waals surface area contributed by atoms with Crippen molar-refractivity contribution >= 4 is 35.8 Å². The van der Waals surface area contributed by atoms with Gasteiger partial charge in [0, 0.05) is 20.1 Å². The molecule has 2 atom stereocenters. The Morgan fingerprint density at radius 3 is 2.61 bits per heavy atom. The summed E-state index contributed by atoms with van der Waals surface area (Å²) in [4.78, 5) is 18.1. The summed E-state index contributed by atoms with van der Waals surface area (Å²) in [5.74, 6) is 2.04. The Hall–Kier alpha value is -1.55. The van der Waals surface area contributed by atoms with E-state index in [0.29, 0.717) is 5.92 Å². The number of carbonyl (C=O) groups is 1. The van der Waals surface area contributed by atoms with Crippen LogP contribution in [0.15, 0.2) is 29.3 Å². The molecule has 0 aromatic heterocycles. The number of rotatable bonds is 10. The van der Waals surface area contributed by atoms with Gasteiger partial charge in [-0.15, -0.1) is 24.0 Å². The topological polar surface area (TPSA) is 92.0 Å². The van der Waals surface area contributed by atoms with E-state index in [1.165, 1.54) is 5.56 Å². The SMILES string of the molecule is CN=C(NCCCN1CCCC(C(N)=O)C1)NC(C)c1ccc(OCC(C)C)cc1.I. The monoisotopic (exact) mass is 545 g/mol. The van der Waals surface area contributed by atoms with Crippen LogP contribution in [0.3, 0.4) is 0 Å². The number of aliphatic imine (C=N–C) groups is 1. The van der Waals surface area contributed by atoms with Crippen molar-refractivity contribution < 1.29 is 9.53 Å². The Balaban J connectivity index is 0.00000480. The standard InChI is InChI=1S/C23H39N5O2.HI/c1-17(2)16-30-21-10-8-19(9-11-21)18(3)27-23(25-4)26-12-6-14-28-13-5-7-20(15-28)22(24)29;/h8-11,17-18,20H,5-7,12-16H2,1-4H3,(H2,24,29)(H2,25,26,27);1H. The second-order valence-corrected chi connectivity index (χ2v) is 8.53. The first-order valence-electron chi connectivity index (χ1n) is 11.1. The molecular weight excluding hydrogens is 505 g/mol. The highest BCUT2D eigenvalue weighted by Crippen LogP contribution is 2.18. The minimum absolute atomic E-state index is 0. The van der Waals surface area contributed by atoms with Crippen LogP contribution in [0.5, 0.6) is 5.75 Å². The number of carbonyl (C=O) groups excluding carboxylic acids is 1. The summed E-state index contributed by atoms with van der Waals surface area (Å²) in [5, 5.41) is 6.82. The fraction of sp³-hybridized carbons (Fsp3) is 0.652. The van der Waals surface area contributed by atoms with E-state index in [0.717, 1.165) is 63.8 Å². The van der Waals surface area contributed by atoms with Gasteiger partial charge in [-0.2, -0.15) is 0 Å². The lowest BCUT2D eigenvalue weighted by Crippen LogP contribution is -2.43. The molecule has 1 aromatic carbocycles. The second-order valence-electron chi connectivity index (χ2n) is 8.53. The molecule has 1 heterocycles. The van der Waals surface area contributed by atoms with Crippen molar-refractivity contribution in [3.63, 3.8) is 0 Å². The van der Waals surface area contributed by atoms with E-state index < -0.39 is 0 Å². The molecule has 176 valence electrons. The highest BCUT2D eigenvalue weighted by atomic mass is 127. The van der Waals surface area contributed by atoms with Gasteiger partial charge < -0.3 is 26.0 Å². The van der Waals surface area contributed by atoms with Crippen molar-refractivity contribution in [1.29, 1.82) is 0 Å². The van der Waals surface area contributed by atoms with Gasteiger partial charge in [-0.25, -0.2) is 0 Å². The van der Waals surface area contributed by atoms with Gasteiger partial charge in [-0.05, 0) is 62.9 Å². The number of ether oxygens (including phenoxy) is 1. The number of hydrogen-bond acceptors (Lipinski definition) is 4. The lowest BCUT2D eigenvalue weighted by molar-refractivity contribution is -0.123. The van der Waals surface area contributed by atoms with E-state index >= 15 is 0 Å². The number of guanidine groups is 1. The Morgan fingerprint density at radius 1 is 1.29 bits per heavy atom. The number of nitrogens with zero attached hydrogens (tertiary/aromatic N) is 2. The molecule has 2 unspecified atom stereocenters. The van der Waals surface area contributed by atoms with E-state index in [2.05, 4.69) is 53.4 Å². The van der Waals surface area contributed by atoms with Gasteiger partial charge in [0.25, 0.3) is 0 Å². The largest absolute Gasteiger partial charge is 0.493 e. The number of piperidine rings is 1. The number of primary amides is 1. The van der Waals surface area contributed by atoms with E-state index in [1.54, 1.807) is 7.05 Å². The van der Waals surface area contributed by atoms with Crippen LogP contribution in [-0.2, 0) is 4.79 Å². The molecule has 2 rings (SSSR count). The highest BCUT2D eigenvalue weighted by Gasteiger charge is 2.23. The molecule has 0 bridgehead atoms. The maximum absolute atomic E-state index is 11.4. The van der Waals surface area contributed by atoms with Gasteiger partial charge in [-0.3, -0.25) is 9.79 Å². The summed E-state index contributed by atoms with van der Waals surface area (Å²) in [6, 6.07) is 8.35. The molecular formula is C23H40IN5O2. The number of halogens is 1. The summed E-state index contributed by atoms with van der Waals surface area (Å²) in [7, 11) is 1.78. The van der Waals surface area contributed by atoms with Crippen molar-refractivity contribution in [2.24, 2.45) is 22.6 Å². The van der Waals surface area contributed by atoms with Gasteiger partial charge in [0.15, 0.2) is 5.96 Å². The Labute approximate surface area is 204 Å². The van der Waals surface area contributed by atoms with E-state index in [-0.39, 0.29) is 41.8 Å². The molecule has 1 saturated heterocycles. The van der Waals surface area contributed by atoms with Gasteiger partial charge in [0.2, 0.25) is 5.91 Å². The van der Waals surface area contributed by atoms with Crippen LogP contribution in [0.4, 0.5) is 0 Å². The average Bonchev–Trinajstić information content (AvgIpc) is 2.74. The van der Waals surface area contributed by atoms with Crippen LogP contribution >= 0.6 is 24.0 Å². The van der Waals surface area contributed by atoms with Crippen LogP contribution in [0, 0.1) is 11.8 Å². The molecule has 1 aliphatic heterocycles. The first-order valence-corrected chi connectivity index (χ1v) is 11.1. The van der Waals surface area contributed by atoms with Crippen LogP contribution in [0.2, 0.25) is 0 Å². The van der Waals surface area contributed by atoms with Crippen molar-refractivity contribution in [3.05, 3.63) is 29.8 Å². The van der Waals surface area contributed by atoms with Crippen LogP contribution < -0.4 is 21.1 Å². The summed E-state index contributed by atoms with van der Waals surface area (Å²) in [6.45, 7) is 10.7. The number of hydrogen-bond donors (Lipinski definition) is 3. The summed E-state index contributed by atoms with van der Waals surface area (Å²) >= 11 is 0. The minimum atomic E-state index is -0.170. The zero-order chi connectivity index (χ0) is 21.9. The fourth-order valence-corrected chi connectivity index (χ4v) is 3.60. The third-order valence-corrected chi connectivity index (χ3v) is 5.39. The molecule has 31 heavy (non-hydrogen) atoms. The van der Waals surface area contributed by atoms with Crippen molar-refractivity contribution in [3.8, 4) is 5.75 Å². The zero-order valence-corrected chi connectivity index (χ0v) is 21.7. The molecule has 1 aliphatic rings. The molecule has 1 amide bonds. The number of benzene rings is 1. The van der Waals surface area contributed by atoms with E-state index in [4.69, 9.17) is 10.5 Å². The number of likely N-dealkylation sites (tertiary alicyclic amines) is 1. The lowest BCUT2D eigenvalue weighted by Gasteiger charge is -2.31. The second kappa shape index (κ2) is 14.5. The Kier molecular flexibility index (Phi) is 12.9. The van der Waals surface area contributed by atoms with Gasteiger partial charge >= 0.3 is 0 Å². The van der Waals surface area contributed by atoms with Gasteiger partial charge in [0.1, 0.15) is 5.75 Å². The molecule has 8 heteroatoms. The number of nitrogens with one attached hydrogen (secondary N) is 2. The molecule has 0 spiro atoms. The molecule has 7 nitrogen and oxygen atoms in total. The molecule has 1 fully saturated rings. The normalized spacial score (nSPS) is 18.2. The van der Waals surface area contributed by atoms with Crippen LogP contribution in [0.25, 0.3) is 0 Å². The molecule has 0 radical (unpaired) electrons. The summed E-state index contributed by atoms with van der Waals surface area (Å²) < 4.78 is 5.75. The lowest BCUT2D eigenvalue weighted by atomic mass is 9.97. The van der Waals surface area contributed by atoms with Gasteiger partial charge in [0.05, 0.1) is 18.6 Å². The maximum atomic E-state index is 11.4.